The lowest BCUT2D eigenvalue weighted by molar-refractivity contribution is 1.22. The van der Waals surface area contributed by atoms with E-state index < -0.39 is 0 Å². The van der Waals surface area contributed by atoms with E-state index >= 15 is 0 Å². The molecule has 2 aromatic carbocycles. The predicted octanol–water partition coefficient (Wildman–Crippen LogP) is 4.65. The van der Waals surface area contributed by atoms with Crippen LogP contribution in [0.25, 0.3) is 0 Å². The highest BCUT2D eigenvalue weighted by atomic mass is 32.2. The second kappa shape index (κ2) is 7.25. The van der Waals surface area contributed by atoms with Gasteiger partial charge in [-0.15, -0.1) is 0 Å². The number of hydrogen-bond donors (Lipinski definition) is 1. The van der Waals surface area contributed by atoms with Crippen molar-refractivity contribution in [2.24, 2.45) is 0 Å². The Hall–Kier alpha value is -1.41. The summed E-state index contributed by atoms with van der Waals surface area (Å²) in [4.78, 5) is 0. The van der Waals surface area contributed by atoms with Crippen LogP contribution in [0.5, 0.6) is 0 Å². The Morgan fingerprint density at radius 3 is 2.42 bits per heavy atom. The fourth-order valence-electron chi connectivity index (χ4n) is 2.01. The Bertz CT molecular complexity index is 475. The van der Waals surface area contributed by atoms with Crippen LogP contribution < -0.4 is 5.32 Å². The highest BCUT2D eigenvalue weighted by Crippen LogP contribution is 2.14. The molecule has 0 aliphatic rings. The topological polar surface area (TPSA) is 12.0 Å². The Morgan fingerprint density at radius 1 is 0.947 bits per heavy atom. The molecule has 0 bridgehead atoms. The van der Waals surface area contributed by atoms with Gasteiger partial charge in [0.1, 0.15) is 0 Å². The van der Waals surface area contributed by atoms with E-state index in [1.165, 1.54) is 22.4 Å². The van der Waals surface area contributed by atoms with E-state index in [0.29, 0.717) is 0 Å². The average molecular weight is 271 g/mol. The summed E-state index contributed by atoms with van der Waals surface area (Å²) >= 11 is 1.98. The molecule has 1 N–H and O–H groups in total. The normalized spacial score (nSPS) is 10.4. The van der Waals surface area contributed by atoms with E-state index in [0.717, 1.165) is 18.1 Å². The van der Waals surface area contributed by atoms with Crippen LogP contribution >= 0.6 is 11.8 Å². The van der Waals surface area contributed by atoms with Gasteiger partial charge in [-0.05, 0) is 37.1 Å². The summed E-state index contributed by atoms with van der Waals surface area (Å²) in [7, 11) is 0. The first kappa shape index (κ1) is 14.0. The monoisotopic (exact) mass is 271 g/mol. The first-order chi connectivity index (χ1) is 9.24. The van der Waals surface area contributed by atoms with Crippen LogP contribution in [0.3, 0.4) is 0 Å². The molecule has 0 atom stereocenters. The smallest absolute Gasteiger partial charge is 0.0343 e. The molecule has 0 saturated heterocycles. The van der Waals surface area contributed by atoms with Crippen molar-refractivity contribution in [3.05, 3.63) is 65.2 Å². The summed E-state index contributed by atoms with van der Waals surface area (Å²) in [6.45, 7) is 5.28. The van der Waals surface area contributed by atoms with Gasteiger partial charge in [0.25, 0.3) is 0 Å². The number of nitrogens with one attached hydrogen (secondary N) is 1. The Kier molecular flexibility index (Phi) is 5.34. The maximum absolute atomic E-state index is 3.46. The Labute approximate surface area is 120 Å². The van der Waals surface area contributed by atoms with Crippen molar-refractivity contribution in [1.29, 1.82) is 0 Å². The molecule has 0 saturated carbocycles. The number of rotatable bonds is 6. The molecule has 0 unspecified atom stereocenters. The number of hydrogen-bond acceptors (Lipinski definition) is 2. The van der Waals surface area contributed by atoms with E-state index in [2.05, 4.69) is 67.7 Å². The van der Waals surface area contributed by atoms with E-state index in [4.69, 9.17) is 0 Å². The molecule has 0 heterocycles. The van der Waals surface area contributed by atoms with Crippen molar-refractivity contribution in [3.63, 3.8) is 0 Å². The summed E-state index contributed by atoms with van der Waals surface area (Å²) < 4.78 is 0. The summed E-state index contributed by atoms with van der Waals surface area (Å²) in [5.74, 6) is 2.22. The average Bonchev–Trinajstić information content (AvgIpc) is 2.38. The lowest BCUT2D eigenvalue weighted by atomic mass is 10.2. The molecular weight excluding hydrogens is 250 g/mol. The van der Waals surface area contributed by atoms with E-state index in [-0.39, 0.29) is 0 Å². The maximum atomic E-state index is 3.46. The maximum Gasteiger partial charge on any atom is 0.0343 e. The van der Waals surface area contributed by atoms with E-state index in [1.54, 1.807) is 0 Å². The fourth-order valence-corrected chi connectivity index (χ4v) is 2.82. The summed E-state index contributed by atoms with van der Waals surface area (Å²) in [6.07, 6.45) is 0. The van der Waals surface area contributed by atoms with Crippen LogP contribution in [0.15, 0.2) is 48.5 Å². The summed E-state index contributed by atoms with van der Waals surface area (Å²) in [6, 6.07) is 17.3. The van der Waals surface area contributed by atoms with Crippen molar-refractivity contribution in [3.8, 4) is 0 Å². The summed E-state index contributed by atoms with van der Waals surface area (Å²) in [5, 5.41) is 3.46. The van der Waals surface area contributed by atoms with Crippen molar-refractivity contribution in [1.82, 2.24) is 0 Å². The number of benzene rings is 2. The standard InChI is InChI=1S/C17H21NS/c1-14-5-3-7-16(11-14)13-19-10-9-18-17-8-4-6-15(2)12-17/h3-8,11-12,18H,9-10,13H2,1-2H3. The second-order valence-electron chi connectivity index (χ2n) is 4.84. The first-order valence-corrected chi connectivity index (χ1v) is 7.83. The largest absolute Gasteiger partial charge is 0.384 e. The molecule has 2 aromatic rings. The van der Waals surface area contributed by atoms with Gasteiger partial charge in [0.05, 0.1) is 0 Å². The molecule has 0 aromatic heterocycles. The van der Waals surface area contributed by atoms with Crippen molar-refractivity contribution in [2.75, 3.05) is 17.6 Å². The Balaban J connectivity index is 1.67. The van der Waals surface area contributed by atoms with Crippen LogP contribution in [0.2, 0.25) is 0 Å². The number of aryl methyl sites for hydroxylation is 2. The van der Waals surface area contributed by atoms with Gasteiger partial charge >= 0.3 is 0 Å². The SMILES string of the molecule is Cc1cccc(CSCCNc2cccc(C)c2)c1. The third kappa shape index (κ3) is 4.99. The molecule has 0 amide bonds. The quantitative estimate of drug-likeness (QED) is 0.768. The zero-order valence-electron chi connectivity index (χ0n) is 11.6. The van der Waals surface area contributed by atoms with Crippen molar-refractivity contribution in [2.45, 2.75) is 19.6 Å². The van der Waals surface area contributed by atoms with Crippen LogP contribution in [0, 0.1) is 13.8 Å². The molecule has 0 spiro atoms. The molecule has 0 radical (unpaired) electrons. The lowest BCUT2D eigenvalue weighted by Crippen LogP contribution is -2.04. The first-order valence-electron chi connectivity index (χ1n) is 6.68. The summed E-state index contributed by atoms with van der Waals surface area (Å²) in [5.41, 5.74) is 5.28. The molecule has 2 rings (SSSR count). The Morgan fingerprint density at radius 2 is 1.68 bits per heavy atom. The fraction of sp³-hybridized carbons (Fsp3) is 0.294. The molecule has 19 heavy (non-hydrogen) atoms. The number of anilines is 1. The van der Waals surface area contributed by atoms with Gasteiger partial charge in [0.15, 0.2) is 0 Å². The van der Waals surface area contributed by atoms with Crippen LogP contribution in [0.4, 0.5) is 5.69 Å². The lowest BCUT2D eigenvalue weighted by Gasteiger charge is -2.07. The van der Waals surface area contributed by atoms with Crippen molar-refractivity contribution >= 4 is 17.4 Å². The minimum absolute atomic E-state index is 1.01. The van der Waals surface area contributed by atoms with Gasteiger partial charge in [-0.1, -0.05) is 42.0 Å². The minimum atomic E-state index is 1.01. The molecule has 100 valence electrons. The van der Waals surface area contributed by atoms with Gasteiger partial charge in [-0.3, -0.25) is 0 Å². The minimum Gasteiger partial charge on any atom is -0.384 e. The van der Waals surface area contributed by atoms with Gasteiger partial charge in [0.2, 0.25) is 0 Å². The highest BCUT2D eigenvalue weighted by molar-refractivity contribution is 7.98. The predicted molar refractivity (Wildman–Crippen MR) is 87.0 cm³/mol. The van der Waals surface area contributed by atoms with Gasteiger partial charge < -0.3 is 5.32 Å². The van der Waals surface area contributed by atoms with E-state index in [1.807, 2.05) is 11.8 Å². The molecule has 0 aliphatic carbocycles. The van der Waals surface area contributed by atoms with Gasteiger partial charge in [0, 0.05) is 23.7 Å². The highest BCUT2D eigenvalue weighted by Gasteiger charge is 1.95. The van der Waals surface area contributed by atoms with Crippen LogP contribution in [-0.4, -0.2) is 12.3 Å². The third-order valence-corrected chi connectivity index (χ3v) is 3.98. The van der Waals surface area contributed by atoms with Gasteiger partial charge in [-0.2, -0.15) is 11.8 Å². The van der Waals surface area contributed by atoms with Gasteiger partial charge in [-0.25, -0.2) is 0 Å². The number of thioether (sulfide) groups is 1. The van der Waals surface area contributed by atoms with Crippen LogP contribution in [0.1, 0.15) is 16.7 Å². The van der Waals surface area contributed by atoms with E-state index in [9.17, 15) is 0 Å². The van der Waals surface area contributed by atoms with Crippen LogP contribution in [-0.2, 0) is 5.75 Å². The molecule has 0 aliphatic heterocycles. The second-order valence-corrected chi connectivity index (χ2v) is 5.94. The zero-order chi connectivity index (χ0) is 13.5. The molecule has 2 heteroatoms. The molecule has 0 fully saturated rings. The molecule has 1 nitrogen and oxygen atoms in total. The third-order valence-electron chi connectivity index (χ3n) is 2.94. The molecular formula is C17H21NS. The zero-order valence-corrected chi connectivity index (χ0v) is 12.5. The van der Waals surface area contributed by atoms with Crippen molar-refractivity contribution < 1.29 is 0 Å².